The van der Waals surface area contributed by atoms with Crippen LogP contribution in [0.2, 0.25) is 0 Å². The fourth-order valence-electron chi connectivity index (χ4n) is 4.03. The third-order valence-electron chi connectivity index (χ3n) is 5.75. The number of nitrogens with one attached hydrogen (secondary N) is 1. The van der Waals surface area contributed by atoms with Crippen molar-refractivity contribution in [2.24, 2.45) is 0 Å². The van der Waals surface area contributed by atoms with Crippen molar-refractivity contribution in [3.63, 3.8) is 0 Å². The van der Waals surface area contributed by atoms with Crippen LogP contribution >= 0.6 is 15.9 Å². The third kappa shape index (κ3) is 3.83. The van der Waals surface area contributed by atoms with Gasteiger partial charge in [-0.2, -0.15) is 10.1 Å². The number of hydrogen-bond acceptors (Lipinski definition) is 7. The van der Waals surface area contributed by atoms with Crippen molar-refractivity contribution in [3.8, 4) is 17.6 Å². The largest absolute Gasteiger partial charge is 0.343 e. The average molecular weight is 530 g/mol. The molecule has 11 heteroatoms. The van der Waals surface area contributed by atoms with Gasteiger partial charge < -0.3 is 4.98 Å². The molecular weight excluding hydrogens is 514 g/mol. The fraction of sp³-hybridized carbons (Fsp3) is 0.125. The highest BCUT2D eigenvalue weighted by atomic mass is 79.9. The molecule has 0 atom stereocenters. The molecule has 3 heterocycles. The molecule has 1 aliphatic heterocycles. The summed E-state index contributed by atoms with van der Waals surface area (Å²) in [6, 6.07) is 15.6. The van der Waals surface area contributed by atoms with Crippen molar-refractivity contribution in [2.75, 3.05) is 6.54 Å². The lowest BCUT2D eigenvalue weighted by Gasteiger charge is -2.12. The van der Waals surface area contributed by atoms with Gasteiger partial charge in [-0.05, 0) is 42.0 Å². The van der Waals surface area contributed by atoms with E-state index in [-0.39, 0.29) is 47.8 Å². The molecule has 2 aromatic carbocycles. The fourth-order valence-corrected chi connectivity index (χ4v) is 4.43. The lowest BCUT2D eigenvalue weighted by atomic mass is 9.99. The summed E-state index contributed by atoms with van der Waals surface area (Å²) in [4.78, 5) is 43.6. The van der Waals surface area contributed by atoms with Gasteiger partial charge in [-0.3, -0.25) is 19.3 Å². The van der Waals surface area contributed by atoms with Crippen LogP contribution in [0.25, 0.3) is 11.5 Å². The number of carbonyl (C=O) groups is 3. The standard InChI is InChI=1S/C24H16BrN7O3/c1-13-19(21(33)14-5-4-6-15(25)11-14)18(12-26)27-20(13)22-28-30-32(29-22)10-9-31-23(34)16-7-2-3-8-17(16)24(31)35/h2-8,11,27H,9-10H2,1H3. The number of benzene rings is 2. The maximum atomic E-state index is 13.1. The second-order valence-corrected chi connectivity index (χ2v) is 8.76. The van der Waals surface area contributed by atoms with E-state index in [1.807, 2.05) is 12.1 Å². The van der Waals surface area contributed by atoms with E-state index in [1.54, 1.807) is 49.4 Å². The van der Waals surface area contributed by atoms with Crippen LogP contribution in [0.3, 0.4) is 0 Å². The molecule has 0 aliphatic carbocycles. The minimum Gasteiger partial charge on any atom is -0.343 e. The number of nitrogens with zero attached hydrogens (tertiary/aromatic N) is 6. The number of amides is 2. The highest BCUT2D eigenvalue weighted by molar-refractivity contribution is 9.10. The van der Waals surface area contributed by atoms with E-state index < -0.39 is 0 Å². The number of fused-ring (bicyclic) bond motifs is 1. The van der Waals surface area contributed by atoms with Gasteiger partial charge in [0.15, 0.2) is 5.78 Å². The Balaban J connectivity index is 1.38. The predicted molar refractivity (Wildman–Crippen MR) is 126 cm³/mol. The Morgan fingerprint density at radius 3 is 2.46 bits per heavy atom. The van der Waals surface area contributed by atoms with Gasteiger partial charge >= 0.3 is 0 Å². The first kappa shape index (κ1) is 22.4. The van der Waals surface area contributed by atoms with Gasteiger partial charge in [0.05, 0.1) is 35.5 Å². The van der Waals surface area contributed by atoms with Crippen LogP contribution in [-0.2, 0) is 6.54 Å². The molecule has 2 amide bonds. The Morgan fingerprint density at radius 2 is 1.80 bits per heavy atom. The molecule has 1 aliphatic rings. The summed E-state index contributed by atoms with van der Waals surface area (Å²) in [5, 5.41) is 22.0. The number of H-pyrrole nitrogens is 1. The number of ketones is 1. The molecule has 0 radical (unpaired) electrons. The molecule has 5 rings (SSSR count). The first-order chi connectivity index (χ1) is 16.9. The van der Waals surface area contributed by atoms with Crippen LogP contribution in [0.1, 0.15) is 47.9 Å². The lowest BCUT2D eigenvalue weighted by Crippen LogP contribution is -2.33. The highest BCUT2D eigenvalue weighted by Gasteiger charge is 2.35. The molecule has 0 fully saturated rings. The SMILES string of the molecule is Cc1c(-c2nnn(CCN3C(=O)c4ccccc4C3=O)n2)[nH]c(C#N)c1C(=O)c1cccc(Br)c1. The summed E-state index contributed by atoms with van der Waals surface area (Å²) in [6.07, 6.45) is 0. The zero-order chi connectivity index (χ0) is 24.7. The van der Waals surface area contributed by atoms with Gasteiger partial charge in [0.25, 0.3) is 11.8 Å². The Hall–Kier alpha value is -4.43. The van der Waals surface area contributed by atoms with Crippen molar-refractivity contribution in [1.29, 1.82) is 5.26 Å². The molecule has 1 N–H and O–H groups in total. The average Bonchev–Trinajstić information content (AvgIpc) is 3.53. The number of imide groups is 1. The molecule has 10 nitrogen and oxygen atoms in total. The van der Waals surface area contributed by atoms with Gasteiger partial charge in [0.1, 0.15) is 11.8 Å². The van der Waals surface area contributed by atoms with Crippen LogP contribution in [0.5, 0.6) is 0 Å². The number of aromatic nitrogens is 5. The zero-order valence-electron chi connectivity index (χ0n) is 18.3. The van der Waals surface area contributed by atoms with Crippen molar-refractivity contribution in [1.82, 2.24) is 30.1 Å². The normalized spacial score (nSPS) is 12.7. The number of tetrazole rings is 1. The monoisotopic (exact) mass is 529 g/mol. The van der Waals surface area contributed by atoms with Gasteiger partial charge in [0, 0.05) is 10.0 Å². The Kier molecular flexibility index (Phi) is 5.58. The van der Waals surface area contributed by atoms with Crippen LogP contribution in [0, 0.1) is 18.3 Å². The smallest absolute Gasteiger partial charge is 0.261 e. The number of carbonyl (C=O) groups excluding carboxylic acids is 3. The second-order valence-electron chi connectivity index (χ2n) is 7.84. The lowest BCUT2D eigenvalue weighted by molar-refractivity contribution is 0.0645. The maximum Gasteiger partial charge on any atom is 0.261 e. The molecule has 0 spiro atoms. The van der Waals surface area contributed by atoms with Gasteiger partial charge in [-0.25, -0.2) is 0 Å². The predicted octanol–water partition coefficient (Wildman–Crippen LogP) is 3.14. The number of rotatable bonds is 6. The molecule has 0 saturated heterocycles. The molecule has 35 heavy (non-hydrogen) atoms. The summed E-state index contributed by atoms with van der Waals surface area (Å²) < 4.78 is 0.748. The second kappa shape index (κ2) is 8.73. The summed E-state index contributed by atoms with van der Waals surface area (Å²) in [5.74, 6) is -0.837. The van der Waals surface area contributed by atoms with Crippen LogP contribution in [0.4, 0.5) is 0 Å². The van der Waals surface area contributed by atoms with Crippen LogP contribution < -0.4 is 0 Å². The molecule has 2 aromatic heterocycles. The maximum absolute atomic E-state index is 13.1. The van der Waals surface area contributed by atoms with Crippen molar-refractivity contribution in [2.45, 2.75) is 13.5 Å². The van der Waals surface area contributed by atoms with Gasteiger partial charge in [0.2, 0.25) is 5.82 Å². The van der Waals surface area contributed by atoms with Crippen LogP contribution in [0.15, 0.2) is 53.0 Å². The Morgan fingerprint density at radius 1 is 1.09 bits per heavy atom. The Labute approximate surface area is 207 Å². The minimum atomic E-state index is -0.361. The van der Waals surface area contributed by atoms with E-state index in [4.69, 9.17) is 0 Å². The summed E-state index contributed by atoms with van der Waals surface area (Å²) in [6.45, 7) is 1.91. The van der Waals surface area contributed by atoms with Crippen molar-refractivity contribution in [3.05, 3.63) is 86.5 Å². The topological polar surface area (TPSA) is 138 Å². The van der Waals surface area contributed by atoms with Crippen molar-refractivity contribution < 1.29 is 14.4 Å². The molecule has 0 saturated carbocycles. The number of aromatic amines is 1. The number of halogens is 1. The van der Waals surface area contributed by atoms with E-state index >= 15 is 0 Å². The first-order valence-corrected chi connectivity index (χ1v) is 11.3. The third-order valence-corrected chi connectivity index (χ3v) is 6.25. The summed E-state index contributed by atoms with van der Waals surface area (Å²) in [7, 11) is 0. The molecular formula is C24H16BrN7O3. The number of hydrogen-bond donors (Lipinski definition) is 1. The minimum absolute atomic E-state index is 0.0714. The van der Waals surface area contributed by atoms with E-state index in [0.717, 1.165) is 9.37 Å². The van der Waals surface area contributed by atoms with E-state index in [0.29, 0.717) is 27.9 Å². The number of nitriles is 1. The molecule has 172 valence electrons. The van der Waals surface area contributed by atoms with E-state index in [9.17, 15) is 19.6 Å². The molecule has 4 aromatic rings. The van der Waals surface area contributed by atoms with Gasteiger partial charge in [-0.15, -0.1) is 10.2 Å². The summed E-state index contributed by atoms with van der Waals surface area (Å²) in [5.41, 5.74) is 2.44. The molecule has 0 bridgehead atoms. The van der Waals surface area contributed by atoms with E-state index in [1.165, 1.54) is 4.80 Å². The highest BCUT2D eigenvalue weighted by Crippen LogP contribution is 2.28. The Bertz CT molecular complexity index is 1530. The van der Waals surface area contributed by atoms with E-state index in [2.05, 4.69) is 36.3 Å². The zero-order valence-corrected chi connectivity index (χ0v) is 19.9. The quantitative estimate of drug-likeness (QED) is 0.299. The summed E-state index contributed by atoms with van der Waals surface area (Å²) >= 11 is 3.36. The first-order valence-electron chi connectivity index (χ1n) is 10.6. The molecule has 0 unspecified atom stereocenters. The van der Waals surface area contributed by atoms with Gasteiger partial charge in [-0.1, -0.05) is 40.2 Å². The van der Waals surface area contributed by atoms with Crippen LogP contribution in [-0.4, -0.2) is 54.2 Å². The van der Waals surface area contributed by atoms with Crippen molar-refractivity contribution >= 4 is 33.5 Å².